The number of hydrogen-bond donors (Lipinski definition) is 1. The number of hydrazone groups is 1. The molecule has 0 unspecified atom stereocenters. The Morgan fingerprint density at radius 2 is 1.64 bits per heavy atom. The molecule has 0 bridgehead atoms. The van der Waals surface area contributed by atoms with Crippen LogP contribution in [0, 0.1) is 11.6 Å². The van der Waals surface area contributed by atoms with Crippen LogP contribution < -0.4 is 19.6 Å². The lowest BCUT2D eigenvalue weighted by Crippen LogP contribution is -2.18. The Morgan fingerprint density at radius 1 is 1.00 bits per heavy atom. The van der Waals surface area contributed by atoms with Gasteiger partial charge in [-0.2, -0.15) is 5.10 Å². The van der Waals surface area contributed by atoms with Gasteiger partial charge in [0.15, 0.2) is 23.1 Å². The van der Waals surface area contributed by atoms with Gasteiger partial charge in [0.05, 0.1) is 27.5 Å². The number of methoxy groups -OCH3 is 3. The summed E-state index contributed by atoms with van der Waals surface area (Å²) in [5.74, 6) is -1.52. The van der Waals surface area contributed by atoms with Gasteiger partial charge in [-0.05, 0) is 29.8 Å². The first-order chi connectivity index (χ1) is 12.0. The number of rotatable bonds is 6. The van der Waals surface area contributed by atoms with Crippen molar-refractivity contribution in [2.24, 2.45) is 5.10 Å². The van der Waals surface area contributed by atoms with Crippen molar-refractivity contribution >= 4 is 12.1 Å². The fourth-order valence-electron chi connectivity index (χ4n) is 2.03. The van der Waals surface area contributed by atoms with Crippen LogP contribution in [0.15, 0.2) is 35.4 Å². The van der Waals surface area contributed by atoms with Gasteiger partial charge >= 0.3 is 0 Å². The van der Waals surface area contributed by atoms with Crippen molar-refractivity contribution in [3.63, 3.8) is 0 Å². The molecule has 0 saturated carbocycles. The van der Waals surface area contributed by atoms with Crippen molar-refractivity contribution in [1.82, 2.24) is 5.43 Å². The molecule has 2 aromatic carbocycles. The molecule has 0 aliphatic heterocycles. The van der Waals surface area contributed by atoms with Crippen molar-refractivity contribution < 1.29 is 27.8 Å². The summed E-state index contributed by atoms with van der Waals surface area (Å²) in [6.07, 6.45) is 1.19. The molecule has 0 heterocycles. The van der Waals surface area contributed by atoms with Gasteiger partial charge in [0.1, 0.15) is 0 Å². The highest BCUT2D eigenvalue weighted by molar-refractivity contribution is 5.96. The molecule has 8 heteroatoms. The topological polar surface area (TPSA) is 69.2 Å². The first-order valence-corrected chi connectivity index (χ1v) is 7.08. The molecule has 0 aliphatic carbocycles. The van der Waals surface area contributed by atoms with Crippen molar-refractivity contribution in [2.45, 2.75) is 0 Å². The number of benzene rings is 2. The minimum Gasteiger partial charge on any atom is -0.493 e. The smallest absolute Gasteiger partial charge is 0.271 e. The molecule has 132 valence electrons. The first kappa shape index (κ1) is 18.2. The van der Waals surface area contributed by atoms with E-state index in [0.717, 1.165) is 12.1 Å². The highest BCUT2D eigenvalue weighted by Gasteiger charge is 2.16. The Hall–Kier alpha value is -3.16. The summed E-state index contributed by atoms with van der Waals surface area (Å²) in [7, 11) is 4.31. The van der Waals surface area contributed by atoms with E-state index in [0.29, 0.717) is 22.8 Å². The highest BCUT2D eigenvalue weighted by Crippen LogP contribution is 2.38. The number of hydrogen-bond acceptors (Lipinski definition) is 5. The number of ether oxygens (including phenoxy) is 3. The van der Waals surface area contributed by atoms with E-state index in [1.54, 1.807) is 0 Å². The Balaban J connectivity index is 2.17. The summed E-state index contributed by atoms with van der Waals surface area (Å²) < 4.78 is 41.5. The van der Waals surface area contributed by atoms with Crippen molar-refractivity contribution in [3.8, 4) is 17.2 Å². The van der Waals surface area contributed by atoms with Crippen LogP contribution in [0.4, 0.5) is 8.78 Å². The van der Waals surface area contributed by atoms with E-state index in [-0.39, 0.29) is 5.56 Å². The van der Waals surface area contributed by atoms with Crippen LogP contribution in [0.2, 0.25) is 0 Å². The molecular formula is C17H16F2N2O4. The molecule has 2 rings (SSSR count). The predicted molar refractivity (Wildman–Crippen MR) is 87.5 cm³/mol. The minimum atomic E-state index is -1.00. The summed E-state index contributed by atoms with van der Waals surface area (Å²) in [5, 5.41) is 3.72. The number of carbonyl (C=O) groups excluding carboxylic acids is 1. The van der Waals surface area contributed by atoms with E-state index in [1.165, 1.54) is 45.7 Å². The van der Waals surface area contributed by atoms with Gasteiger partial charge in [0.25, 0.3) is 5.91 Å². The number of nitrogens with one attached hydrogen (secondary N) is 1. The number of amides is 1. The van der Waals surface area contributed by atoms with Crippen LogP contribution in [0.3, 0.4) is 0 Å². The lowest BCUT2D eigenvalue weighted by molar-refractivity contribution is 0.0954. The summed E-state index contributed by atoms with van der Waals surface area (Å²) >= 11 is 0. The SMILES string of the molecule is COc1cc(C(=O)N/N=C/c2ccc(F)c(F)c2)cc(OC)c1OC. The molecule has 25 heavy (non-hydrogen) atoms. The number of nitrogens with zero attached hydrogens (tertiary/aromatic N) is 1. The Labute approximate surface area is 143 Å². The molecule has 0 saturated heterocycles. The zero-order valence-corrected chi connectivity index (χ0v) is 13.8. The van der Waals surface area contributed by atoms with Crippen LogP contribution in [-0.4, -0.2) is 33.5 Å². The third-order valence-electron chi connectivity index (χ3n) is 3.25. The molecule has 0 aromatic heterocycles. The quantitative estimate of drug-likeness (QED) is 0.642. The van der Waals surface area contributed by atoms with Gasteiger partial charge in [-0.15, -0.1) is 0 Å². The molecule has 0 radical (unpaired) electrons. The first-order valence-electron chi connectivity index (χ1n) is 7.08. The second-order valence-corrected chi connectivity index (χ2v) is 4.79. The van der Waals surface area contributed by atoms with Crippen LogP contribution in [0.5, 0.6) is 17.2 Å². The highest BCUT2D eigenvalue weighted by atomic mass is 19.2. The number of carbonyl (C=O) groups is 1. The Kier molecular flexibility index (Phi) is 5.89. The van der Waals surface area contributed by atoms with Crippen LogP contribution in [-0.2, 0) is 0 Å². The van der Waals surface area contributed by atoms with Crippen LogP contribution >= 0.6 is 0 Å². The van der Waals surface area contributed by atoms with Gasteiger partial charge in [-0.3, -0.25) is 4.79 Å². The second-order valence-electron chi connectivity index (χ2n) is 4.79. The predicted octanol–water partition coefficient (Wildman–Crippen LogP) is 2.75. The zero-order valence-electron chi connectivity index (χ0n) is 13.8. The van der Waals surface area contributed by atoms with E-state index in [4.69, 9.17) is 14.2 Å². The third-order valence-corrected chi connectivity index (χ3v) is 3.25. The maximum Gasteiger partial charge on any atom is 0.271 e. The van der Waals surface area contributed by atoms with Gasteiger partial charge in [-0.25, -0.2) is 14.2 Å². The summed E-state index contributed by atoms with van der Waals surface area (Å²) in [6.45, 7) is 0. The molecule has 0 atom stereocenters. The fraction of sp³-hybridized carbons (Fsp3) is 0.176. The molecule has 2 aromatic rings. The summed E-state index contributed by atoms with van der Waals surface area (Å²) in [6, 6.07) is 6.18. The van der Waals surface area contributed by atoms with Gasteiger partial charge in [0, 0.05) is 5.56 Å². The van der Waals surface area contributed by atoms with Crippen molar-refractivity contribution in [1.29, 1.82) is 0 Å². The van der Waals surface area contributed by atoms with E-state index in [9.17, 15) is 13.6 Å². The average Bonchev–Trinajstić information content (AvgIpc) is 2.63. The average molecular weight is 350 g/mol. The molecule has 0 spiro atoms. The molecule has 1 amide bonds. The Bertz CT molecular complexity index is 784. The lowest BCUT2D eigenvalue weighted by Gasteiger charge is -2.13. The van der Waals surface area contributed by atoms with E-state index < -0.39 is 17.5 Å². The van der Waals surface area contributed by atoms with E-state index in [2.05, 4.69) is 10.5 Å². The Morgan fingerprint density at radius 3 is 2.16 bits per heavy atom. The third kappa shape index (κ3) is 4.23. The largest absolute Gasteiger partial charge is 0.493 e. The van der Waals surface area contributed by atoms with Crippen molar-refractivity contribution in [2.75, 3.05) is 21.3 Å². The second kappa shape index (κ2) is 8.09. The molecule has 6 nitrogen and oxygen atoms in total. The van der Waals surface area contributed by atoms with E-state index >= 15 is 0 Å². The van der Waals surface area contributed by atoms with Gasteiger partial charge in [-0.1, -0.05) is 6.07 Å². The zero-order chi connectivity index (χ0) is 18.4. The minimum absolute atomic E-state index is 0.219. The lowest BCUT2D eigenvalue weighted by atomic mass is 10.1. The maximum atomic E-state index is 13.1. The molecule has 0 fully saturated rings. The van der Waals surface area contributed by atoms with Crippen LogP contribution in [0.25, 0.3) is 0 Å². The summed E-state index contributed by atoms with van der Waals surface area (Å²) in [5.41, 5.74) is 2.80. The molecule has 1 N–H and O–H groups in total. The van der Waals surface area contributed by atoms with Gasteiger partial charge < -0.3 is 14.2 Å². The normalized spacial score (nSPS) is 10.6. The monoisotopic (exact) mass is 350 g/mol. The van der Waals surface area contributed by atoms with Crippen LogP contribution in [0.1, 0.15) is 15.9 Å². The molecular weight excluding hydrogens is 334 g/mol. The van der Waals surface area contributed by atoms with E-state index in [1.807, 2.05) is 0 Å². The summed E-state index contributed by atoms with van der Waals surface area (Å²) in [4.78, 5) is 12.2. The standard InChI is InChI=1S/C17H16F2N2O4/c1-23-14-7-11(8-15(24-2)16(14)25-3)17(22)21-20-9-10-4-5-12(18)13(19)6-10/h4-9H,1-3H3,(H,21,22)/b20-9+. The fourth-order valence-corrected chi connectivity index (χ4v) is 2.03. The molecule has 0 aliphatic rings. The maximum absolute atomic E-state index is 13.1. The van der Waals surface area contributed by atoms with Crippen molar-refractivity contribution in [3.05, 3.63) is 53.1 Å². The number of halogens is 2. The van der Waals surface area contributed by atoms with Gasteiger partial charge in [0.2, 0.25) is 5.75 Å².